The normalized spacial score (nSPS) is 10.1. The van der Waals surface area contributed by atoms with Crippen molar-refractivity contribution < 1.29 is 19.4 Å². The van der Waals surface area contributed by atoms with Crippen LogP contribution in [0.3, 0.4) is 0 Å². The number of nitrogens with one attached hydrogen (secondary N) is 2. The molecule has 1 amide bonds. The molecule has 0 aliphatic heterocycles. The number of phenolic OH excluding ortho intramolecular Hbond substituents is 1. The zero-order valence-electron chi connectivity index (χ0n) is 13.2. The number of halogens is 2. The molecule has 9 heteroatoms. The second-order valence-electron chi connectivity index (χ2n) is 4.77. The van der Waals surface area contributed by atoms with E-state index in [1.54, 1.807) is 12.1 Å². The van der Waals surface area contributed by atoms with Gasteiger partial charge in [0.25, 0.3) is 5.91 Å². The van der Waals surface area contributed by atoms with Gasteiger partial charge in [-0.25, -0.2) is 0 Å². The van der Waals surface area contributed by atoms with Crippen LogP contribution in [-0.2, 0) is 0 Å². The number of anilines is 1. The number of methoxy groups -OCH3 is 2. The first-order valence-electron chi connectivity index (χ1n) is 6.88. The smallest absolute Gasteiger partial charge is 0.257 e. The lowest BCUT2D eigenvalue weighted by Gasteiger charge is -2.12. The third-order valence-corrected chi connectivity index (χ3v) is 3.93. The maximum Gasteiger partial charge on any atom is 0.257 e. The number of thiocarbonyl (C=S) groups is 1. The average molecular weight is 401 g/mol. The topological polar surface area (TPSA) is 79.8 Å². The Labute approximate surface area is 159 Å². The Bertz CT molecular complexity index is 807. The fourth-order valence-electron chi connectivity index (χ4n) is 1.95. The number of phenols is 1. The van der Waals surface area contributed by atoms with Gasteiger partial charge in [0.15, 0.2) is 22.4 Å². The molecule has 2 aromatic carbocycles. The van der Waals surface area contributed by atoms with E-state index in [0.717, 1.165) is 0 Å². The summed E-state index contributed by atoms with van der Waals surface area (Å²) in [5.74, 6) is 0.267. The molecule has 6 nitrogen and oxygen atoms in total. The van der Waals surface area contributed by atoms with Crippen LogP contribution in [-0.4, -0.2) is 30.3 Å². The number of benzene rings is 2. The van der Waals surface area contributed by atoms with Crippen molar-refractivity contribution in [2.45, 2.75) is 0 Å². The Hall–Kier alpha value is -2.22. The summed E-state index contributed by atoms with van der Waals surface area (Å²) in [6, 6.07) is 7.58. The minimum Gasteiger partial charge on any atom is -0.505 e. The van der Waals surface area contributed by atoms with Crippen molar-refractivity contribution >= 4 is 52.1 Å². The van der Waals surface area contributed by atoms with Crippen molar-refractivity contribution in [3.8, 4) is 17.2 Å². The van der Waals surface area contributed by atoms with E-state index in [1.165, 1.54) is 32.4 Å². The summed E-state index contributed by atoms with van der Waals surface area (Å²) in [7, 11) is 2.98. The van der Waals surface area contributed by atoms with Crippen molar-refractivity contribution in [3.05, 3.63) is 45.9 Å². The molecule has 0 unspecified atom stereocenters. The molecule has 0 atom stereocenters. The van der Waals surface area contributed by atoms with E-state index in [1.807, 2.05) is 0 Å². The highest BCUT2D eigenvalue weighted by molar-refractivity contribution is 7.80. The van der Waals surface area contributed by atoms with Gasteiger partial charge in [0.1, 0.15) is 0 Å². The first-order chi connectivity index (χ1) is 11.8. The highest BCUT2D eigenvalue weighted by atomic mass is 35.5. The van der Waals surface area contributed by atoms with Crippen LogP contribution >= 0.6 is 35.4 Å². The zero-order chi connectivity index (χ0) is 18.6. The molecule has 0 aromatic heterocycles. The number of hydrogen-bond donors (Lipinski definition) is 3. The Morgan fingerprint density at radius 2 is 1.68 bits per heavy atom. The van der Waals surface area contributed by atoms with Gasteiger partial charge >= 0.3 is 0 Å². The minimum atomic E-state index is -0.436. The molecule has 0 aliphatic carbocycles. The first kappa shape index (κ1) is 19.1. The summed E-state index contributed by atoms with van der Waals surface area (Å²) < 4.78 is 10.3. The maximum atomic E-state index is 12.3. The van der Waals surface area contributed by atoms with Gasteiger partial charge in [-0.05, 0) is 42.5 Å². The number of carbonyl (C=O) groups excluding carboxylic acids is 1. The van der Waals surface area contributed by atoms with Crippen molar-refractivity contribution in [2.24, 2.45) is 0 Å². The molecule has 0 saturated carbocycles. The number of aromatic hydroxyl groups is 1. The number of rotatable bonds is 4. The van der Waals surface area contributed by atoms with E-state index < -0.39 is 5.91 Å². The van der Waals surface area contributed by atoms with Gasteiger partial charge in [-0.15, -0.1) is 0 Å². The lowest BCUT2D eigenvalue weighted by atomic mass is 10.2. The van der Waals surface area contributed by atoms with Gasteiger partial charge in [0, 0.05) is 11.3 Å². The summed E-state index contributed by atoms with van der Waals surface area (Å²) in [6.07, 6.45) is 0. The SMILES string of the molecule is COc1ccc(C(=O)NC(=S)Nc2cc(Cl)c(O)c(Cl)c2)cc1OC. The Balaban J connectivity index is 2.09. The molecule has 2 rings (SSSR count). The molecule has 0 spiro atoms. The zero-order valence-corrected chi connectivity index (χ0v) is 15.6. The molecule has 0 heterocycles. The lowest BCUT2D eigenvalue weighted by Crippen LogP contribution is -2.34. The van der Waals surface area contributed by atoms with Gasteiger partial charge in [-0.1, -0.05) is 23.2 Å². The fraction of sp³-hybridized carbons (Fsp3) is 0.125. The highest BCUT2D eigenvalue weighted by Crippen LogP contribution is 2.34. The van der Waals surface area contributed by atoms with Gasteiger partial charge < -0.3 is 19.9 Å². The van der Waals surface area contributed by atoms with E-state index in [4.69, 9.17) is 44.9 Å². The molecule has 0 bridgehead atoms. The number of ether oxygens (including phenoxy) is 2. The van der Waals surface area contributed by atoms with Crippen LogP contribution in [0.25, 0.3) is 0 Å². The van der Waals surface area contributed by atoms with Crippen molar-refractivity contribution in [1.29, 1.82) is 0 Å². The molecule has 3 N–H and O–H groups in total. The molecule has 2 aromatic rings. The van der Waals surface area contributed by atoms with Crippen LogP contribution < -0.4 is 20.1 Å². The maximum absolute atomic E-state index is 12.3. The third-order valence-electron chi connectivity index (χ3n) is 3.15. The van der Waals surface area contributed by atoms with Crippen LogP contribution in [0.5, 0.6) is 17.2 Å². The molecular formula is C16H14Cl2N2O4S. The van der Waals surface area contributed by atoms with E-state index in [0.29, 0.717) is 22.7 Å². The summed E-state index contributed by atoms with van der Waals surface area (Å²) in [5, 5.41) is 15.0. The Kier molecular flexibility index (Phi) is 6.30. The van der Waals surface area contributed by atoms with Gasteiger partial charge in [-0.3, -0.25) is 10.1 Å². The number of amides is 1. The van der Waals surface area contributed by atoms with Crippen LogP contribution in [0.2, 0.25) is 10.0 Å². The van der Waals surface area contributed by atoms with E-state index in [-0.39, 0.29) is 20.9 Å². The Morgan fingerprint density at radius 3 is 2.24 bits per heavy atom. The molecule has 0 fully saturated rings. The van der Waals surface area contributed by atoms with Crippen molar-refractivity contribution in [3.63, 3.8) is 0 Å². The molecular weight excluding hydrogens is 387 g/mol. The Morgan fingerprint density at radius 1 is 1.08 bits per heavy atom. The fourth-order valence-corrected chi connectivity index (χ4v) is 2.65. The van der Waals surface area contributed by atoms with Crippen LogP contribution in [0.1, 0.15) is 10.4 Å². The number of carbonyl (C=O) groups is 1. The lowest BCUT2D eigenvalue weighted by molar-refractivity contribution is 0.0977. The monoisotopic (exact) mass is 400 g/mol. The van der Waals surface area contributed by atoms with E-state index >= 15 is 0 Å². The van der Waals surface area contributed by atoms with Crippen LogP contribution in [0.4, 0.5) is 5.69 Å². The van der Waals surface area contributed by atoms with Crippen molar-refractivity contribution in [1.82, 2.24) is 5.32 Å². The first-order valence-corrected chi connectivity index (χ1v) is 8.04. The second-order valence-corrected chi connectivity index (χ2v) is 5.99. The molecule has 25 heavy (non-hydrogen) atoms. The highest BCUT2D eigenvalue weighted by Gasteiger charge is 2.13. The summed E-state index contributed by atoms with van der Waals surface area (Å²) in [6.45, 7) is 0. The molecule has 0 aliphatic rings. The summed E-state index contributed by atoms with van der Waals surface area (Å²) in [5.41, 5.74) is 0.758. The second kappa shape index (κ2) is 8.24. The summed E-state index contributed by atoms with van der Waals surface area (Å²) >= 11 is 16.8. The molecule has 0 radical (unpaired) electrons. The van der Waals surface area contributed by atoms with E-state index in [9.17, 15) is 9.90 Å². The predicted molar refractivity (Wildman–Crippen MR) is 101 cm³/mol. The van der Waals surface area contributed by atoms with Gasteiger partial charge in [0.05, 0.1) is 24.3 Å². The summed E-state index contributed by atoms with van der Waals surface area (Å²) in [4.78, 5) is 12.3. The molecule has 0 saturated heterocycles. The largest absolute Gasteiger partial charge is 0.505 e. The minimum absolute atomic E-state index is 0.0395. The van der Waals surface area contributed by atoms with Crippen molar-refractivity contribution in [2.75, 3.05) is 19.5 Å². The third kappa shape index (κ3) is 4.66. The number of hydrogen-bond acceptors (Lipinski definition) is 5. The quantitative estimate of drug-likeness (QED) is 0.534. The average Bonchev–Trinajstić information content (AvgIpc) is 2.58. The molecule has 132 valence electrons. The van der Waals surface area contributed by atoms with E-state index in [2.05, 4.69) is 10.6 Å². The van der Waals surface area contributed by atoms with Crippen LogP contribution in [0.15, 0.2) is 30.3 Å². The predicted octanol–water partition coefficient (Wildman–Crippen LogP) is 3.84. The van der Waals surface area contributed by atoms with Crippen LogP contribution in [0, 0.1) is 0 Å². The van der Waals surface area contributed by atoms with Gasteiger partial charge in [0.2, 0.25) is 0 Å². The standard InChI is InChI=1S/C16H14Cl2N2O4S/c1-23-12-4-3-8(5-13(12)24-2)15(22)20-16(25)19-9-6-10(17)14(21)11(18)7-9/h3-7,21H,1-2H3,(H2,19,20,22,25). The van der Waals surface area contributed by atoms with Gasteiger partial charge in [-0.2, -0.15) is 0 Å².